The van der Waals surface area contributed by atoms with Crippen LogP contribution >= 0.6 is 0 Å². The fourth-order valence-corrected chi connectivity index (χ4v) is 3.06. The smallest absolute Gasteiger partial charge is 0.338 e. The lowest BCUT2D eigenvalue weighted by Crippen LogP contribution is -2.31. The second-order valence-corrected chi connectivity index (χ2v) is 6.39. The Morgan fingerprint density at radius 3 is 2.43 bits per heavy atom. The Bertz CT molecular complexity index is 961. The van der Waals surface area contributed by atoms with E-state index >= 15 is 0 Å². The molecule has 0 aromatic heterocycles. The summed E-state index contributed by atoms with van der Waals surface area (Å²) < 4.78 is 10.5. The van der Waals surface area contributed by atoms with Gasteiger partial charge in [0.25, 0.3) is 5.91 Å². The molecule has 0 radical (unpaired) electrons. The van der Waals surface area contributed by atoms with Gasteiger partial charge in [-0.3, -0.25) is 4.79 Å². The molecule has 0 spiro atoms. The van der Waals surface area contributed by atoms with Gasteiger partial charge in [0.1, 0.15) is 5.75 Å². The lowest BCUT2D eigenvalue weighted by atomic mass is 10.00. The molecule has 0 aliphatic rings. The summed E-state index contributed by atoms with van der Waals surface area (Å²) in [6.45, 7) is 4.02. The summed E-state index contributed by atoms with van der Waals surface area (Å²) in [5.74, 6) is -0.212. The van der Waals surface area contributed by atoms with Gasteiger partial charge in [0.05, 0.1) is 18.2 Å². The molecule has 0 saturated heterocycles. The highest BCUT2D eigenvalue weighted by molar-refractivity contribution is 5.91. The van der Waals surface area contributed by atoms with Crippen molar-refractivity contribution >= 4 is 22.6 Å². The molecule has 0 bridgehead atoms. The maximum Gasteiger partial charge on any atom is 0.338 e. The summed E-state index contributed by atoms with van der Waals surface area (Å²) in [5, 5.41) is 5.09. The van der Waals surface area contributed by atoms with Gasteiger partial charge in [0.2, 0.25) is 0 Å². The second-order valence-electron chi connectivity index (χ2n) is 6.39. The number of fused-ring (bicyclic) bond motifs is 1. The van der Waals surface area contributed by atoms with Gasteiger partial charge in [0.15, 0.2) is 6.61 Å². The molecule has 0 aliphatic carbocycles. The van der Waals surface area contributed by atoms with Crippen molar-refractivity contribution in [2.75, 3.05) is 13.2 Å². The van der Waals surface area contributed by atoms with Crippen LogP contribution in [0.1, 0.15) is 35.8 Å². The van der Waals surface area contributed by atoms with E-state index in [0.717, 1.165) is 16.3 Å². The highest BCUT2D eigenvalue weighted by Crippen LogP contribution is 2.24. The summed E-state index contributed by atoms with van der Waals surface area (Å²) in [6.07, 6.45) is 0. The third kappa shape index (κ3) is 4.68. The van der Waals surface area contributed by atoms with Gasteiger partial charge in [-0.1, -0.05) is 42.5 Å². The fourth-order valence-electron chi connectivity index (χ4n) is 3.06. The molecular weight excluding hydrogens is 354 g/mol. The van der Waals surface area contributed by atoms with Crippen LogP contribution in [0.4, 0.5) is 0 Å². The van der Waals surface area contributed by atoms with Gasteiger partial charge in [-0.05, 0) is 54.4 Å². The third-order valence-electron chi connectivity index (χ3n) is 4.40. The van der Waals surface area contributed by atoms with E-state index in [2.05, 4.69) is 5.32 Å². The molecule has 0 heterocycles. The van der Waals surface area contributed by atoms with E-state index in [1.54, 1.807) is 24.3 Å². The Kier molecular flexibility index (Phi) is 6.27. The summed E-state index contributed by atoms with van der Waals surface area (Å²) in [5.41, 5.74) is 1.39. The number of esters is 1. The minimum absolute atomic E-state index is 0.206. The van der Waals surface area contributed by atoms with E-state index < -0.39 is 5.97 Å². The number of rotatable bonds is 7. The first-order valence-electron chi connectivity index (χ1n) is 9.25. The van der Waals surface area contributed by atoms with Crippen LogP contribution in [0.3, 0.4) is 0 Å². The normalized spacial score (nSPS) is 11.6. The first-order valence-corrected chi connectivity index (χ1v) is 9.25. The fraction of sp³-hybridized carbons (Fsp3) is 0.217. The largest absolute Gasteiger partial charge is 0.494 e. The molecule has 5 heteroatoms. The average molecular weight is 377 g/mol. The van der Waals surface area contributed by atoms with E-state index in [9.17, 15) is 9.59 Å². The summed E-state index contributed by atoms with van der Waals surface area (Å²) in [6, 6.07) is 20.4. The molecule has 3 aromatic rings. The SMILES string of the molecule is CCOc1ccc(C(=O)OCC(=O)N[C@H](C)c2cccc3ccccc23)cc1. The van der Waals surface area contributed by atoms with Crippen LogP contribution < -0.4 is 10.1 Å². The molecule has 0 unspecified atom stereocenters. The topological polar surface area (TPSA) is 64.6 Å². The Morgan fingerprint density at radius 1 is 0.964 bits per heavy atom. The monoisotopic (exact) mass is 377 g/mol. The van der Waals surface area contributed by atoms with Crippen molar-refractivity contribution in [2.45, 2.75) is 19.9 Å². The predicted octanol–water partition coefficient (Wildman–Crippen LogP) is 4.27. The lowest BCUT2D eigenvalue weighted by molar-refractivity contribution is -0.124. The van der Waals surface area contributed by atoms with Crippen molar-refractivity contribution in [3.63, 3.8) is 0 Å². The number of carbonyl (C=O) groups excluding carboxylic acids is 2. The van der Waals surface area contributed by atoms with Gasteiger partial charge >= 0.3 is 5.97 Å². The Hall–Kier alpha value is -3.34. The van der Waals surface area contributed by atoms with Crippen molar-refractivity contribution in [1.82, 2.24) is 5.32 Å². The van der Waals surface area contributed by atoms with Crippen molar-refractivity contribution in [3.05, 3.63) is 77.9 Å². The number of nitrogens with one attached hydrogen (secondary N) is 1. The molecule has 1 atom stereocenters. The standard InChI is InChI=1S/C23H23NO4/c1-3-27-19-13-11-18(12-14-19)23(26)28-15-22(25)24-16(2)20-10-6-8-17-7-4-5-9-21(17)20/h4-14,16H,3,15H2,1-2H3,(H,24,25)/t16-/m1/s1. The van der Waals surface area contributed by atoms with Gasteiger partial charge in [-0.2, -0.15) is 0 Å². The van der Waals surface area contributed by atoms with E-state index in [4.69, 9.17) is 9.47 Å². The number of carbonyl (C=O) groups is 2. The highest BCUT2D eigenvalue weighted by atomic mass is 16.5. The summed E-state index contributed by atoms with van der Waals surface area (Å²) in [4.78, 5) is 24.3. The zero-order valence-corrected chi connectivity index (χ0v) is 16.0. The first kappa shape index (κ1) is 19.4. The Labute approximate surface area is 164 Å². The minimum Gasteiger partial charge on any atom is -0.494 e. The maximum absolute atomic E-state index is 12.2. The number of hydrogen-bond acceptors (Lipinski definition) is 4. The lowest BCUT2D eigenvalue weighted by Gasteiger charge is -2.16. The minimum atomic E-state index is -0.545. The molecule has 0 aliphatic heterocycles. The molecule has 1 amide bonds. The molecule has 5 nitrogen and oxygen atoms in total. The molecular formula is C23H23NO4. The number of benzene rings is 3. The zero-order chi connectivity index (χ0) is 19.9. The molecule has 0 fully saturated rings. The van der Waals surface area contributed by atoms with Crippen molar-refractivity contribution in [2.24, 2.45) is 0 Å². The second kappa shape index (κ2) is 9.04. The summed E-state index contributed by atoms with van der Waals surface area (Å²) >= 11 is 0. The van der Waals surface area contributed by atoms with Crippen LogP contribution in [0, 0.1) is 0 Å². The van der Waals surface area contributed by atoms with Crippen LogP contribution in [0.5, 0.6) is 5.75 Å². The molecule has 1 N–H and O–H groups in total. The van der Waals surface area contributed by atoms with Gasteiger partial charge in [0, 0.05) is 0 Å². The van der Waals surface area contributed by atoms with E-state index in [1.165, 1.54) is 0 Å². The van der Waals surface area contributed by atoms with E-state index in [1.807, 2.05) is 56.3 Å². The highest BCUT2D eigenvalue weighted by Gasteiger charge is 2.14. The Balaban J connectivity index is 1.57. The van der Waals surface area contributed by atoms with Crippen LogP contribution in [-0.2, 0) is 9.53 Å². The van der Waals surface area contributed by atoms with Gasteiger partial charge < -0.3 is 14.8 Å². The number of amides is 1. The van der Waals surface area contributed by atoms with Crippen LogP contribution in [0.2, 0.25) is 0 Å². The predicted molar refractivity (Wildman–Crippen MR) is 108 cm³/mol. The third-order valence-corrected chi connectivity index (χ3v) is 4.40. The van der Waals surface area contributed by atoms with Crippen LogP contribution in [-0.4, -0.2) is 25.1 Å². The van der Waals surface area contributed by atoms with Crippen LogP contribution in [0.25, 0.3) is 10.8 Å². The van der Waals surface area contributed by atoms with Gasteiger partial charge in [-0.25, -0.2) is 4.79 Å². The molecule has 0 saturated carbocycles. The number of ether oxygens (including phenoxy) is 2. The molecule has 28 heavy (non-hydrogen) atoms. The van der Waals surface area contributed by atoms with Crippen molar-refractivity contribution in [1.29, 1.82) is 0 Å². The van der Waals surface area contributed by atoms with Crippen LogP contribution in [0.15, 0.2) is 66.7 Å². The zero-order valence-electron chi connectivity index (χ0n) is 16.0. The first-order chi connectivity index (χ1) is 13.6. The van der Waals surface area contributed by atoms with Gasteiger partial charge in [-0.15, -0.1) is 0 Å². The van der Waals surface area contributed by atoms with E-state index in [0.29, 0.717) is 17.9 Å². The van der Waals surface area contributed by atoms with Crippen molar-refractivity contribution in [3.8, 4) is 5.75 Å². The number of hydrogen-bond donors (Lipinski definition) is 1. The maximum atomic E-state index is 12.2. The average Bonchev–Trinajstić information content (AvgIpc) is 2.72. The molecule has 3 aromatic carbocycles. The Morgan fingerprint density at radius 2 is 1.68 bits per heavy atom. The van der Waals surface area contributed by atoms with Crippen molar-refractivity contribution < 1.29 is 19.1 Å². The quantitative estimate of drug-likeness (QED) is 0.625. The molecule has 144 valence electrons. The molecule has 3 rings (SSSR count). The van der Waals surface area contributed by atoms with E-state index in [-0.39, 0.29) is 18.6 Å². The summed E-state index contributed by atoms with van der Waals surface area (Å²) in [7, 11) is 0.